The first-order valence-electron chi connectivity index (χ1n) is 4.95. The second kappa shape index (κ2) is 2.86. The van der Waals surface area contributed by atoms with Crippen molar-refractivity contribution < 1.29 is 14.6 Å². The predicted octanol–water partition coefficient (Wildman–Crippen LogP) is 1.95. The molecule has 1 aromatic rings. The lowest BCUT2D eigenvalue weighted by Crippen LogP contribution is -2.13. The van der Waals surface area contributed by atoms with Gasteiger partial charge < -0.3 is 9.84 Å². The molecule has 0 saturated heterocycles. The number of carboxylic acids is 1. The summed E-state index contributed by atoms with van der Waals surface area (Å²) >= 11 is 0. The largest absolute Gasteiger partial charge is 0.489 e. The molecule has 0 spiro atoms. The maximum Gasteiger partial charge on any atom is 0.331 e. The highest BCUT2D eigenvalue weighted by atomic mass is 16.5. The molecule has 0 radical (unpaired) electrons. The van der Waals surface area contributed by atoms with E-state index in [0.29, 0.717) is 12.0 Å². The molecule has 1 aromatic carbocycles. The second-order valence-electron chi connectivity index (χ2n) is 3.92. The predicted molar refractivity (Wildman–Crippen MR) is 53.9 cm³/mol. The van der Waals surface area contributed by atoms with Gasteiger partial charge in [-0.3, -0.25) is 0 Å². The van der Waals surface area contributed by atoms with E-state index in [1.54, 1.807) is 0 Å². The van der Waals surface area contributed by atoms with Gasteiger partial charge in [0.1, 0.15) is 11.9 Å². The van der Waals surface area contributed by atoms with Crippen molar-refractivity contribution in [3.8, 4) is 5.75 Å². The van der Waals surface area contributed by atoms with E-state index in [4.69, 9.17) is 9.84 Å². The lowest BCUT2D eigenvalue weighted by atomic mass is 9.99. The third-order valence-corrected chi connectivity index (χ3v) is 3.03. The van der Waals surface area contributed by atoms with E-state index in [-0.39, 0.29) is 12.0 Å². The van der Waals surface area contributed by atoms with Crippen molar-refractivity contribution in [2.75, 3.05) is 0 Å². The first-order valence-corrected chi connectivity index (χ1v) is 4.95. The van der Waals surface area contributed by atoms with Crippen LogP contribution in [0.15, 0.2) is 35.9 Å². The minimum Gasteiger partial charge on any atom is -0.489 e. The van der Waals surface area contributed by atoms with Gasteiger partial charge in [-0.15, -0.1) is 0 Å². The van der Waals surface area contributed by atoms with Gasteiger partial charge in [0, 0.05) is 23.5 Å². The molecule has 1 N–H and O–H groups in total. The minimum atomic E-state index is -0.828. The van der Waals surface area contributed by atoms with E-state index >= 15 is 0 Å². The zero-order valence-corrected chi connectivity index (χ0v) is 8.01. The Balaban J connectivity index is 2.02. The first-order chi connectivity index (χ1) is 7.25. The second-order valence-corrected chi connectivity index (χ2v) is 3.92. The third-order valence-electron chi connectivity index (χ3n) is 3.03. The van der Waals surface area contributed by atoms with Gasteiger partial charge in [0.05, 0.1) is 0 Å². The number of fused-ring (bicyclic) bond motifs is 3. The van der Waals surface area contributed by atoms with Gasteiger partial charge in [0.15, 0.2) is 0 Å². The first kappa shape index (κ1) is 8.53. The van der Waals surface area contributed by atoms with E-state index < -0.39 is 5.97 Å². The van der Waals surface area contributed by atoms with Crippen molar-refractivity contribution in [3.05, 3.63) is 41.5 Å². The fourth-order valence-corrected chi connectivity index (χ4v) is 2.33. The molecule has 3 nitrogen and oxygen atoms in total. The molecule has 0 saturated carbocycles. The Kier molecular flexibility index (Phi) is 1.63. The molecule has 2 aliphatic rings. The Morgan fingerprint density at radius 1 is 1.40 bits per heavy atom. The highest BCUT2D eigenvalue weighted by molar-refractivity contribution is 5.88. The third kappa shape index (κ3) is 1.16. The maximum atomic E-state index is 10.8. The molecule has 2 atom stereocenters. The quantitative estimate of drug-likeness (QED) is 0.757. The summed E-state index contributed by atoms with van der Waals surface area (Å²) < 4.78 is 5.70. The van der Waals surface area contributed by atoms with Gasteiger partial charge in [-0.05, 0) is 6.07 Å². The van der Waals surface area contributed by atoms with Gasteiger partial charge in [-0.2, -0.15) is 0 Å². The minimum absolute atomic E-state index is 0.00602. The molecule has 3 rings (SSSR count). The van der Waals surface area contributed by atoms with Crippen LogP contribution >= 0.6 is 0 Å². The SMILES string of the molecule is O=C(O)C1=CC2c3ccccc3OC2C1. The van der Waals surface area contributed by atoms with Gasteiger partial charge in [0.2, 0.25) is 0 Å². The summed E-state index contributed by atoms with van der Waals surface area (Å²) in [6, 6.07) is 7.82. The van der Waals surface area contributed by atoms with Crippen LogP contribution in [-0.2, 0) is 4.79 Å². The van der Waals surface area contributed by atoms with Crippen LogP contribution in [0.25, 0.3) is 0 Å². The fraction of sp³-hybridized carbons (Fsp3) is 0.250. The van der Waals surface area contributed by atoms with E-state index in [1.807, 2.05) is 30.3 Å². The van der Waals surface area contributed by atoms with Crippen molar-refractivity contribution >= 4 is 5.97 Å². The molecule has 2 unspecified atom stereocenters. The number of carboxylic acid groups (broad SMARTS) is 1. The molecule has 1 aliphatic heterocycles. The lowest BCUT2D eigenvalue weighted by molar-refractivity contribution is -0.132. The molecule has 0 fully saturated rings. The normalized spacial score (nSPS) is 26.5. The zero-order chi connectivity index (χ0) is 10.4. The average molecular weight is 202 g/mol. The molecule has 0 amide bonds. The monoisotopic (exact) mass is 202 g/mol. The molecule has 15 heavy (non-hydrogen) atoms. The van der Waals surface area contributed by atoms with E-state index in [2.05, 4.69) is 0 Å². The summed E-state index contributed by atoms with van der Waals surface area (Å²) in [5.74, 6) is 0.200. The molecular formula is C12H10O3. The summed E-state index contributed by atoms with van der Waals surface area (Å²) in [5.41, 5.74) is 1.58. The Morgan fingerprint density at radius 2 is 2.20 bits per heavy atom. The van der Waals surface area contributed by atoms with Crippen molar-refractivity contribution in [1.82, 2.24) is 0 Å². The highest BCUT2D eigenvalue weighted by Crippen LogP contribution is 2.45. The Bertz CT molecular complexity index is 462. The number of benzene rings is 1. The van der Waals surface area contributed by atoms with E-state index in [1.165, 1.54) is 0 Å². The maximum absolute atomic E-state index is 10.8. The zero-order valence-electron chi connectivity index (χ0n) is 8.01. The van der Waals surface area contributed by atoms with Crippen molar-refractivity contribution in [3.63, 3.8) is 0 Å². The van der Waals surface area contributed by atoms with Gasteiger partial charge in [-0.25, -0.2) is 4.79 Å². The van der Waals surface area contributed by atoms with Crippen LogP contribution in [0.3, 0.4) is 0 Å². The van der Waals surface area contributed by atoms with Crippen LogP contribution in [0.1, 0.15) is 17.9 Å². The van der Waals surface area contributed by atoms with Crippen molar-refractivity contribution in [2.24, 2.45) is 0 Å². The topological polar surface area (TPSA) is 46.5 Å². The molecule has 0 bridgehead atoms. The van der Waals surface area contributed by atoms with Crippen LogP contribution in [-0.4, -0.2) is 17.2 Å². The number of hydrogen-bond donors (Lipinski definition) is 1. The van der Waals surface area contributed by atoms with Crippen molar-refractivity contribution in [2.45, 2.75) is 18.4 Å². The van der Waals surface area contributed by atoms with Gasteiger partial charge >= 0.3 is 5.97 Å². The Morgan fingerprint density at radius 3 is 3.00 bits per heavy atom. The summed E-state index contributed by atoms with van der Waals surface area (Å²) in [7, 11) is 0. The van der Waals surface area contributed by atoms with Crippen LogP contribution < -0.4 is 4.74 Å². The van der Waals surface area contributed by atoms with Crippen LogP contribution in [0.5, 0.6) is 5.75 Å². The summed E-state index contributed by atoms with van der Waals surface area (Å²) in [5, 5.41) is 8.89. The van der Waals surface area contributed by atoms with E-state index in [9.17, 15) is 4.79 Å². The Hall–Kier alpha value is -1.77. The number of hydrogen-bond acceptors (Lipinski definition) is 2. The number of aliphatic carboxylic acids is 1. The molecule has 1 aliphatic carbocycles. The summed E-state index contributed by atoms with van der Waals surface area (Å²) in [6.45, 7) is 0. The number of para-hydroxylation sites is 1. The Labute approximate surface area is 87.0 Å². The molecule has 3 heteroatoms. The van der Waals surface area contributed by atoms with Crippen LogP contribution in [0.4, 0.5) is 0 Å². The van der Waals surface area contributed by atoms with Gasteiger partial charge in [0.25, 0.3) is 0 Å². The summed E-state index contributed by atoms with van der Waals surface area (Å²) in [4.78, 5) is 10.8. The molecule has 0 aromatic heterocycles. The molecular weight excluding hydrogens is 192 g/mol. The van der Waals surface area contributed by atoms with Crippen molar-refractivity contribution in [1.29, 1.82) is 0 Å². The smallest absolute Gasteiger partial charge is 0.331 e. The van der Waals surface area contributed by atoms with Crippen LogP contribution in [0, 0.1) is 0 Å². The standard InChI is InChI=1S/C12H10O3/c13-12(14)7-5-9-8-3-1-2-4-10(8)15-11(9)6-7/h1-5,9,11H,6H2,(H,13,14). The fourth-order valence-electron chi connectivity index (χ4n) is 2.33. The lowest BCUT2D eigenvalue weighted by Gasteiger charge is -2.07. The van der Waals surface area contributed by atoms with Gasteiger partial charge in [-0.1, -0.05) is 24.3 Å². The summed E-state index contributed by atoms with van der Waals surface area (Å²) in [6.07, 6.45) is 2.32. The average Bonchev–Trinajstić information content (AvgIpc) is 2.73. The number of ether oxygens (including phenoxy) is 1. The number of rotatable bonds is 1. The van der Waals surface area contributed by atoms with E-state index in [0.717, 1.165) is 11.3 Å². The molecule has 1 heterocycles. The van der Waals surface area contributed by atoms with Crippen LogP contribution in [0.2, 0.25) is 0 Å². The molecule has 76 valence electrons. The number of carbonyl (C=O) groups is 1. The highest BCUT2D eigenvalue weighted by Gasteiger charge is 2.39.